The standard InChI is InChI=1S/C19H21P/c1-3-11-17(12-4-2)20(18-13-7-5-8-14-18)19-15-9-6-10-16-19/h3,5-16H,4H2,1-2H3/b11-3-,17-12+. The Balaban J connectivity index is 2.52. The van der Waals surface area contributed by atoms with Crippen molar-refractivity contribution >= 4 is 18.5 Å². The molecule has 2 aromatic rings. The van der Waals surface area contributed by atoms with Crippen LogP contribution in [0.3, 0.4) is 0 Å². The van der Waals surface area contributed by atoms with Crippen LogP contribution in [0, 0.1) is 0 Å². The van der Waals surface area contributed by atoms with Gasteiger partial charge in [0.25, 0.3) is 0 Å². The predicted octanol–water partition coefficient (Wildman–Crippen LogP) is 4.99. The minimum atomic E-state index is -0.452. The summed E-state index contributed by atoms with van der Waals surface area (Å²) in [6, 6.07) is 21.7. The van der Waals surface area contributed by atoms with Gasteiger partial charge in [0.2, 0.25) is 0 Å². The van der Waals surface area contributed by atoms with E-state index in [4.69, 9.17) is 0 Å². The van der Waals surface area contributed by atoms with E-state index < -0.39 is 7.92 Å². The molecule has 0 unspecified atom stereocenters. The molecular formula is C19H21P. The van der Waals surface area contributed by atoms with E-state index in [-0.39, 0.29) is 0 Å². The van der Waals surface area contributed by atoms with Gasteiger partial charge in [0.15, 0.2) is 0 Å². The van der Waals surface area contributed by atoms with E-state index in [9.17, 15) is 0 Å². The maximum Gasteiger partial charge on any atom is -0.0138 e. The van der Waals surface area contributed by atoms with Crippen molar-refractivity contribution in [3.8, 4) is 0 Å². The monoisotopic (exact) mass is 280 g/mol. The summed E-state index contributed by atoms with van der Waals surface area (Å²) in [5, 5.41) is 4.25. The lowest BCUT2D eigenvalue weighted by atomic mass is 10.4. The highest BCUT2D eigenvalue weighted by Crippen LogP contribution is 2.43. The molecule has 0 aromatic heterocycles. The molecule has 0 radical (unpaired) electrons. The van der Waals surface area contributed by atoms with Crippen molar-refractivity contribution < 1.29 is 0 Å². The highest BCUT2D eigenvalue weighted by atomic mass is 31.1. The topological polar surface area (TPSA) is 0 Å². The van der Waals surface area contributed by atoms with Crippen molar-refractivity contribution in [2.75, 3.05) is 0 Å². The molecule has 1 heteroatoms. The first-order valence-corrected chi connectivity index (χ1v) is 8.44. The van der Waals surface area contributed by atoms with Gasteiger partial charge in [-0.05, 0) is 37.2 Å². The minimum absolute atomic E-state index is 0.452. The Labute approximate surface area is 123 Å². The normalized spacial score (nSPS) is 12.2. The molecule has 0 heterocycles. The van der Waals surface area contributed by atoms with Crippen molar-refractivity contribution in [2.45, 2.75) is 20.3 Å². The molecule has 2 rings (SSSR count). The second kappa shape index (κ2) is 7.82. The molecule has 0 aliphatic carbocycles. The summed E-state index contributed by atoms with van der Waals surface area (Å²) in [4.78, 5) is 0. The molecule has 0 atom stereocenters. The van der Waals surface area contributed by atoms with Crippen LogP contribution in [0.1, 0.15) is 20.3 Å². The highest BCUT2D eigenvalue weighted by Gasteiger charge is 2.16. The first kappa shape index (κ1) is 14.8. The summed E-state index contributed by atoms with van der Waals surface area (Å²) in [5.41, 5.74) is 0. The lowest BCUT2D eigenvalue weighted by molar-refractivity contribution is 1.22. The molecule has 0 saturated heterocycles. The largest absolute Gasteiger partial charge is 0.0870 e. The Morgan fingerprint density at radius 1 is 0.900 bits per heavy atom. The van der Waals surface area contributed by atoms with Crippen LogP contribution in [0.4, 0.5) is 0 Å². The molecule has 0 aliphatic heterocycles. The Bertz CT molecular complexity index is 528. The molecule has 0 saturated carbocycles. The third-order valence-corrected chi connectivity index (χ3v) is 5.51. The van der Waals surface area contributed by atoms with Gasteiger partial charge in [-0.3, -0.25) is 0 Å². The number of rotatable bonds is 5. The number of hydrogen-bond donors (Lipinski definition) is 0. The number of allylic oxidation sites excluding steroid dienone is 4. The molecule has 0 aliphatic rings. The van der Waals surface area contributed by atoms with Crippen LogP contribution in [-0.2, 0) is 0 Å². The first-order valence-electron chi connectivity index (χ1n) is 7.10. The van der Waals surface area contributed by atoms with Crippen molar-refractivity contribution in [1.82, 2.24) is 0 Å². The molecule has 0 fully saturated rings. The fourth-order valence-electron chi connectivity index (χ4n) is 2.22. The van der Waals surface area contributed by atoms with E-state index in [0.29, 0.717) is 0 Å². The molecule has 0 bridgehead atoms. The molecule has 0 spiro atoms. The van der Waals surface area contributed by atoms with Crippen molar-refractivity contribution in [3.05, 3.63) is 84.2 Å². The summed E-state index contributed by atoms with van der Waals surface area (Å²) in [6.07, 6.45) is 7.82. The van der Waals surface area contributed by atoms with E-state index in [0.717, 1.165) is 6.42 Å². The molecule has 20 heavy (non-hydrogen) atoms. The van der Waals surface area contributed by atoms with E-state index >= 15 is 0 Å². The van der Waals surface area contributed by atoms with Crippen molar-refractivity contribution in [1.29, 1.82) is 0 Å². The quantitative estimate of drug-likeness (QED) is 0.534. The molecule has 102 valence electrons. The molecular weight excluding hydrogens is 259 g/mol. The van der Waals surface area contributed by atoms with Gasteiger partial charge in [-0.15, -0.1) is 0 Å². The smallest absolute Gasteiger partial charge is 0.0138 e. The second-order valence-electron chi connectivity index (χ2n) is 4.54. The van der Waals surface area contributed by atoms with Crippen LogP contribution in [0.15, 0.2) is 84.2 Å². The Morgan fingerprint density at radius 2 is 1.40 bits per heavy atom. The Hall–Kier alpha value is -1.65. The van der Waals surface area contributed by atoms with Crippen molar-refractivity contribution in [3.63, 3.8) is 0 Å². The third kappa shape index (κ3) is 3.68. The van der Waals surface area contributed by atoms with E-state index in [1.807, 2.05) is 0 Å². The number of hydrogen-bond acceptors (Lipinski definition) is 0. The van der Waals surface area contributed by atoms with Crippen LogP contribution < -0.4 is 10.6 Å². The van der Waals surface area contributed by atoms with Gasteiger partial charge in [0.05, 0.1) is 0 Å². The van der Waals surface area contributed by atoms with Gasteiger partial charge in [0.1, 0.15) is 0 Å². The van der Waals surface area contributed by atoms with Gasteiger partial charge in [-0.25, -0.2) is 0 Å². The van der Waals surface area contributed by atoms with Crippen molar-refractivity contribution in [2.24, 2.45) is 0 Å². The third-order valence-electron chi connectivity index (χ3n) is 3.04. The van der Waals surface area contributed by atoms with Gasteiger partial charge in [-0.1, -0.05) is 85.8 Å². The van der Waals surface area contributed by atoms with Crippen LogP contribution >= 0.6 is 7.92 Å². The number of benzene rings is 2. The van der Waals surface area contributed by atoms with Crippen LogP contribution in [0.2, 0.25) is 0 Å². The Kier molecular flexibility index (Phi) is 5.77. The van der Waals surface area contributed by atoms with Gasteiger partial charge >= 0.3 is 0 Å². The van der Waals surface area contributed by atoms with Crippen LogP contribution in [0.25, 0.3) is 0 Å². The summed E-state index contributed by atoms with van der Waals surface area (Å²) in [6.45, 7) is 4.29. The highest BCUT2D eigenvalue weighted by molar-refractivity contribution is 7.77. The average Bonchev–Trinajstić information content (AvgIpc) is 2.50. The van der Waals surface area contributed by atoms with Gasteiger partial charge in [-0.2, -0.15) is 0 Å². The van der Waals surface area contributed by atoms with Gasteiger partial charge < -0.3 is 0 Å². The predicted molar refractivity (Wildman–Crippen MR) is 92.3 cm³/mol. The fourth-order valence-corrected chi connectivity index (χ4v) is 4.71. The Morgan fingerprint density at radius 3 is 1.80 bits per heavy atom. The molecule has 0 amide bonds. The lowest BCUT2D eigenvalue weighted by Gasteiger charge is -2.20. The van der Waals surface area contributed by atoms with Crippen LogP contribution in [0.5, 0.6) is 0 Å². The maximum atomic E-state index is 2.35. The zero-order valence-corrected chi connectivity index (χ0v) is 13.1. The zero-order valence-electron chi connectivity index (χ0n) is 12.2. The van der Waals surface area contributed by atoms with Gasteiger partial charge in [0, 0.05) is 0 Å². The van der Waals surface area contributed by atoms with E-state index in [1.54, 1.807) is 0 Å². The maximum absolute atomic E-state index is 2.35. The fraction of sp³-hybridized carbons (Fsp3) is 0.158. The zero-order chi connectivity index (χ0) is 14.2. The summed E-state index contributed by atoms with van der Waals surface area (Å²) in [5.74, 6) is 0. The lowest BCUT2D eigenvalue weighted by Crippen LogP contribution is -2.12. The molecule has 0 N–H and O–H groups in total. The minimum Gasteiger partial charge on any atom is -0.0870 e. The summed E-state index contributed by atoms with van der Waals surface area (Å²) >= 11 is 0. The second-order valence-corrected chi connectivity index (χ2v) is 6.76. The summed E-state index contributed by atoms with van der Waals surface area (Å²) in [7, 11) is -0.452. The molecule has 0 nitrogen and oxygen atoms in total. The first-order chi connectivity index (χ1) is 9.86. The molecule has 2 aromatic carbocycles. The van der Waals surface area contributed by atoms with Crippen LogP contribution in [-0.4, -0.2) is 0 Å². The van der Waals surface area contributed by atoms with E-state index in [1.165, 1.54) is 15.9 Å². The summed E-state index contributed by atoms with van der Waals surface area (Å²) < 4.78 is 0. The SMILES string of the molecule is C/C=C\C(=C/CC)P(c1ccccc1)c1ccccc1. The average molecular weight is 280 g/mol. The van der Waals surface area contributed by atoms with E-state index in [2.05, 4.69) is 92.7 Å².